The normalized spacial score (nSPS) is 16.4. The summed E-state index contributed by atoms with van der Waals surface area (Å²) in [5, 5.41) is 3.16. The lowest BCUT2D eigenvalue weighted by Gasteiger charge is -2.26. The first-order valence-electron chi connectivity index (χ1n) is 11.6. The Morgan fingerprint density at radius 3 is 2.70 bits per heavy atom. The molecule has 1 fully saturated rings. The number of carbonyl (C=O) groups is 2. The second kappa shape index (κ2) is 12.0. The quantitative estimate of drug-likeness (QED) is 0.306. The van der Waals surface area contributed by atoms with Gasteiger partial charge < -0.3 is 24.3 Å². The van der Waals surface area contributed by atoms with Crippen molar-refractivity contribution >= 4 is 17.6 Å². The van der Waals surface area contributed by atoms with E-state index < -0.39 is 0 Å². The van der Waals surface area contributed by atoms with Gasteiger partial charge in [-0.25, -0.2) is 4.79 Å². The van der Waals surface area contributed by atoms with Crippen molar-refractivity contribution in [1.82, 2.24) is 4.90 Å². The van der Waals surface area contributed by atoms with Gasteiger partial charge in [-0.05, 0) is 38.7 Å². The molecule has 0 radical (unpaired) electrons. The Morgan fingerprint density at radius 2 is 2.00 bits per heavy atom. The first-order chi connectivity index (χ1) is 16.0. The molecule has 1 saturated heterocycles. The second-order valence-electron chi connectivity index (χ2n) is 8.47. The molecule has 8 heteroatoms. The number of cyclic esters (lactones) is 1. The minimum Gasteiger partial charge on any atom is -0.496 e. The van der Waals surface area contributed by atoms with Gasteiger partial charge in [-0.1, -0.05) is 11.6 Å². The zero-order valence-electron chi connectivity index (χ0n) is 20.3. The second-order valence-corrected chi connectivity index (χ2v) is 8.47. The van der Waals surface area contributed by atoms with Crippen LogP contribution >= 0.6 is 0 Å². The molecule has 3 rings (SSSR count). The third-order valence-corrected chi connectivity index (χ3v) is 6.29. The smallest absolute Gasteiger partial charge is 0.341 e. The first kappa shape index (κ1) is 25.1. The van der Waals surface area contributed by atoms with Crippen molar-refractivity contribution < 1.29 is 28.5 Å². The van der Waals surface area contributed by atoms with Crippen molar-refractivity contribution in [3.05, 3.63) is 33.9 Å². The van der Waals surface area contributed by atoms with Crippen LogP contribution in [0.1, 0.15) is 53.2 Å². The van der Waals surface area contributed by atoms with E-state index in [0.717, 1.165) is 73.0 Å². The van der Waals surface area contributed by atoms with Crippen molar-refractivity contribution in [1.29, 1.82) is 0 Å². The fourth-order valence-corrected chi connectivity index (χ4v) is 4.38. The van der Waals surface area contributed by atoms with E-state index in [0.29, 0.717) is 31.4 Å². The third kappa shape index (κ3) is 6.26. The number of allylic oxidation sites excluding steroid dienone is 2. The number of hydrogen-bond acceptors (Lipinski definition) is 8. The average molecular weight is 461 g/mol. The van der Waals surface area contributed by atoms with E-state index in [1.165, 1.54) is 0 Å². The van der Waals surface area contributed by atoms with E-state index in [1.807, 2.05) is 13.8 Å². The number of fused-ring (bicyclic) bond motifs is 1. The predicted molar refractivity (Wildman–Crippen MR) is 126 cm³/mol. The van der Waals surface area contributed by atoms with Crippen molar-refractivity contribution in [3.63, 3.8) is 0 Å². The highest BCUT2D eigenvalue weighted by atomic mass is 16.5. The van der Waals surface area contributed by atoms with Gasteiger partial charge >= 0.3 is 11.9 Å². The topological polar surface area (TPSA) is 86.3 Å². The largest absolute Gasteiger partial charge is 0.496 e. The molecule has 2 heterocycles. The highest BCUT2D eigenvalue weighted by Crippen LogP contribution is 2.41. The molecule has 33 heavy (non-hydrogen) atoms. The fourth-order valence-electron chi connectivity index (χ4n) is 4.38. The predicted octanol–water partition coefficient (Wildman–Crippen LogP) is 3.25. The number of nitrogens with zero attached hydrogens (tertiary/aromatic N) is 1. The van der Waals surface area contributed by atoms with Crippen LogP contribution in [-0.2, 0) is 32.0 Å². The number of anilines is 1. The first-order valence-corrected chi connectivity index (χ1v) is 11.6. The number of methoxy groups -OCH3 is 1. The monoisotopic (exact) mass is 460 g/mol. The summed E-state index contributed by atoms with van der Waals surface area (Å²) in [6.07, 6.45) is 4.49. The molecule has 182 valence electrons. The number of nitrogens with one attached hydrogen (secondary N) is 1. The SMILES string of the molecule is CNc1c(CC=C(C)CCC(=O)OCCCN2CCOCC2)c(OC)c(C)c2c1C(=O)OC2. The highest BCUT2D eigenvalue weighted by molar-refractivity contribution is 6.01. The van der Waals surface area contributed by atoms with Gasteiger partial charge in [0, 0.05) is 44.2 Å². The Labute approximate surface area is 196 Å². The summed E-state index contributed by atoms with van der Waals surface area (Å²) in [6, 6.07) is 0. The van der Waals surface area contributed by atoms with Gasteiger partial charge in [0.05, 0.1) is 38.2 Å². The lowest BCUT2D eigenvalue weighted by atomic mass is 9.93. The standard InChI is InChI=1S/C25H36N2O6/c1-17(7-9-21(28)32-13-5-10-27-11-14-31-15-12-27)6-8-19-23(26-3)22-20(16-33-25(22)29)18(2)24(19)30-4/h6,26H,5,7-16H2,1-4H3. The molecule has 0 aromatic heterocycles. The summed E-state index contributed by atoms with van der Waals surface area (Å²) in [4.78, 5) is 26.7. The van der Waals surface area contributed by atoms with Crippen LogP contribution in [0.2, 0.25) is 0 Å². The Bertz CT molecular complexity index is 890. The number of carbonyl (C=O) groups excluding carboxylic acids is 2. The summed E-state index contributed by atoms with van der Waals surface area (Å²) >= 11 is 0. The Balaban J connectivity index is 1.52. The van der Waals surface area contributed by atoms with Gasteiger partial charge in [0.25, 0.3) is 0 Å². The number of benzene rings is 1. The summed E-state index contributed by atoms with van der Waals surface area (Å²) < 4.78 is 21.7. The van der Waals surface area contributed by atoms with E-state index >= 15 is 0 Å². The van der Waals surface area contributed by atoms with Crippen LogP contribution in [0.15, 0.2) is 11.6 Å². The molecule has 2 aliphatic rings. The Morgan fingerprint density at radius 1 is 1.24 bits per heavy atom. The van der Waals surface area contributed by atoms with Crippen LogP contribution in [0.5, 0.6) is 5.75 Å². The van der Waals surface area contributed by atoms with Crippen molar-refractivity contribution in [3.8, 4) is 5.75 Å². The van der Waals surface area contributed by atoms with Crippen molar-refractivity contribution in [2.75, 3.05) is 58.9 Å². The molecule has 0 aliphatic carbocycles. The van der Waals surface area contributed by atoms with Gasteiger partial charge in [0.15, 0.2) is 0 Å². The number of ether oxygens (including phenoxy) is 4. The fraction of sp³-hybridized carbons (Fsp3) is 0.600. The van der Waals surface area contributed by atoms with Gasteiger partial charge in [-0.2, -0.15) is 0 Å². The molecule has 2 aliphatic heterocycles. The maximum absolute atomic E-state index is 12.3. The zero-order chi connectivity index (χ0) is 23.8. The molecule has 0 atom stereocenters. The van der Waals surface area contributed by atoms with Crippen LogP contribution in [-0.4, -0.2) is 70.5 Å². The van der Waals surface area contributed by atoms with Crippen LogP contribution in [0.3, 0.4) is 0 Å². The summed E-state index contributed by atoms with van der Waals surface area (Å²) in [6.45, 7) is 9.07. The van der Waals surface area contributed by atoms with E-state index in [4.69, 9.17) is 18.9 Å². The average Bonchev–Trinajstić information content (AvgIpc) is 3.21. The van der Waals surface area contributed by atoms with Crippen LogP contribution in [0.4, 0.5) is 5.69 Å². The van der Waals surface area contributed by atoms with Crippen molar-refractivity contribution in [2.45, 2.75) is 46.1 Å². The highest BCUT2D eigenvalue weighted by Gasteiger charge is 2.31. The van der Waals surface area contributed by atoms with Gasteiger partial charge in [0.1, 0.15) is 12.4 Å². The Kier molecular flexibility index (Phi) is 9.14. The number of rotatable bonds is 11. The van der Waals surface area contributed by atoms with E-state index in [-0.39, 0.29) is 18.5 Å². The Hall–Kier alpha value is -2.58. The molecule has 0 amide bonds. The lowest BCUT2D eigenvalue weighted by molar-refractivity contribution is -0.143. The molecular formula is C25H36N2O6. The van der Waals surface area contributed by atoms with Gasteiger partial charge in [-0.3, -0.25) is 9.69 Å². The molecule has 1 aromatic rings. The van der Waals surface area contributed by atoms with Crippen LogP contribution < -0.4 is 10.1 Å². The summed E-state index contributed by atoms with van der Waals surface area (Å²) in [5.74, 6) is 0.285. The molecule has 0 bridgehead atoms. The minimum atomic E-state index is -0.307. The molecular weight excluding hydrogens is 424 g/mol. The zero-order valence-corrected chi connectivity index (χ0v) is 20.3. The molecule has 0 saturated carbocycles. The number of esters is 2. The maximum atomic E-state index is 12.3. The third-order valence-electron chi connectivity index (χ3n) is 6.29. The number of morpholine rings is 1. The molecule has 8 nitrogen and oxygen atoms in total. The van der Waals surface area contributed by atoms with Gasteiger partial charge in [-0.15, -0.1) is 0 Å². The lowest BCUT2D eigenvalue weighted by Crippen LogP contribution is -2.37. The summed E-state index contributed by atoms with van der Waals surface area (Å²) in [5.41, 5.74) is 5.16. The van der Waals surface area contributed by atoms with Gasteiger partial charge in [0.2, 0.25) is 0 Å². The van der Waals surface area contributed by atoms with Crippen molar-refractivity contribution in [2.24, 2.45) is 0 Å². The van der Waals surface area contributed by atoms with E-state index in [2.05, 4.69) is 16.3 Å². The number of hydrogen-bond donors (Lipinski definition) is 1. The molecule has 1 N–H and O–H groups in total. The van der Waals surface area contributed by atoms with Crippen LogP contribution in [0, 0.1) is 6.92 Å². The maximum Gasteiger partial charge on any atom is 0.341 e. The summed E-state index contributed by atoms with van der Waals surface area (Å²) in [7, 11) is 3.44. The molecule has 1 aromatic carbocycles. The molecule has 0 spiro atoms. The minimum absolute atomic E-state index is 0.172. The van der Waals surface area contributed by atoms with E-state index in [1.54, 1.807) is 14.2 Å². The van der Waals surface area contributed by atoms with E-state index in [9.17, 15) is 9.59 Å². The molecule has 0 unspecified atom stereocenters. The van der Waals surface area contributed by atoms with Crippen LogP contribution in [0.25, 0.3) is 0 Å².